The first kappa shape index (κ1) is 13.1. The minimum Gasteiger partial charge on any atom is -0.299 e. The first-order valence-electron chi connectivity index (χ1n) is 5.45. The lowest BCUT2D eigenvalue weighted by molar-refractivity contribution is 0.511. The summed E-state index contributed by atoms with van der Waals surface area (Å²) < 4.78 is 0. The molecule has 1 aromatic rings. The molecule has 0 amide bonds. The normalized spacial score (nSPS) is 14.1. The third kappa shape index (κ3) is 3.88. The number of aryl methyl sites for hydroxylation is 1. The summed E-state index contributed by atoms with van der Waals surface area (Å²) in [4.78, 5) is 1.22. The third-order valence-corrected chi connectivity index (χ3v) is 3.64. The molecule has 0 aromatic heterocycles. The molecule has 0 saturated heterocycles. The van der Waals surface area contributed by atoms with Gasteiger partial charge < -0.3 is 0 Å². The van der Waals surface area contributed by atoms with Gasteiger partial charge in [0.2, 0.25) is 0 Å². The largest absolute Gasteiger partial charge is 0.299 e. The van der Waals surface area contributed by atoms with Crippen molar-refractivity contribution in [3.63, 3.8) is 0 Å². The van der Waals surface area contributed by atoms with Crippen LogP contribution in [0, 0.1) is 18.3 Å². The first-order chi connectivity index (χ1) is 7.59. The fourth-order valence-electron chi connectivity index (χ4n) is 1.45. The van der Waals surface area contributed by atoms with Gasteiger partial charge in [0, 0.05) is 10.6 Å². The second-order valence-electron chi connectivity index (χ2n) is 4.08. The average molecular weight is 234 g/mol. The summed E-state index contributed by atoms with van der Waals surface area (Å²) in [6.07, 6.45) is 0. The highest BCUT2D eigenvalue weighted by molar-refractivity contribution is 7.99. The van der Waals surface area contributed by atoms with E-state index in [1.807, 2.05) is 13.8 Å². The van der Waals surface area contributed by atoms with Gasteiger partial charge in [-0.3, -0.25) is 5.32 Å². The summed E-state index contributed by atoms with van der Waals surface area (Å²) >= 11 is 1.72. The van der Waals surface area contributed by atoms with Crippen LogP contribution in [-0.4, -0.2) is 17.8 Å². The fraction of sp³-hybridized carbons (Fsp3) is 0.462. The van der Waals surface area contributed by atoms with Crippen LogP contribution in [0.2, 0.25) is 0 Å². The quantitative estimate of drug-likeness (QED) is 0.796. The van der Waals surface area contributed by atoms with Crippen molar-refractivity contribution < 1.29 is 0 Å². The van der Waals surface area contributed by atoms with Crippen molar-refractivity contribution >= 4 is 11.8 Å². The summed E-state index contributed by atoms with van der Waals surface area (Å²) in [6, 6.07) is 10.7. The predicted octanol–water partition coefficient (Wildman–Crippen LogP) is 2.98. The third-order valence-electron chi connectivity index (χ3n) is 2.33. The molecule has 2 nitrogen and oxygen atoms in total. The van der Waals surface area contributed by atoms with Gasteiger partial charge in [0.05, 0.1) is 6.07 Å². The Morgan fingerprint density at radius 1 is 1.50 bits per heavy atom. The van der Waals surface area contributed by atoms with Gasteiger partial charge in [0.15, 0.2) is 0 Å². The Hall–Kier alpha value is -0.980. The summed E-state index contributed by atoms with van der Waals surface area (Å²) in [5.74, 6) is 0.765. The molecule has 1 rings (SSSR count). The maximum absolute atomic E-state index is 9.12. The smallest absolute Gasteiger partial charge is 0.113 e. The van der Waals surface area contributed by atoms with Crippen LogP contribution in [-0.2, 0) is 0 Å². The molecule has 0 saturated carbocycles. The molecule has 1 N–H and O–H groups in total. The maximum Gasteiger partial charge on any atom is 0.113 e. The molecule has 0 spiro atoms. The molecular weight excluding hydrogens is 216 g/mol. The Balaban J connectivity index is 2.60. The van der Waals surface area contributed by atoms with E-state index in [0.29, 0.717) is 0 Å². The van der Waals surface area contributed by atoms with E-state index in [1.54, 1.807) is 11.8 Å². The summed E-state index contributed by atoms with van der Waals surface area (Å²) in [7, 11) is 0. The van der Waals surface area contributed by atoms with E-state index in [4.69, 9.17) is 5.26 Å². The number of rotatable bonds is 5. The maximum atomic E-state index is 9.12. The minimum atomic E-state index is -0.441. The number of benzene rings is 1. The van der Waals surface area contributed by atoms with Crippen molar-refractivity contribution in [2.75, 3.05) is 12.3 Å². The zero-order valence-corrected chi connectivity index (χ0v) is 10.9. The lowest BCUT2D eigenvalue weighted by atomic mass is 10.1. The number of hydrogen-bond acceptors (Lipinski definition) is 3. The molecule has 1 aromatic carbocycles. The van der Waals surface area contributed by atoms with Gasteiger partial charge >= 0.3 is 0 Å². The monoisotopic (exact) mass is 234 g/mol. The van der Waals surface area contributed by atoms with E-state index in [1.165, 1.54) is 10.5 Å². The molecule has 0 bridgehead atoms. The van der Waals surface area contributed by atoms with Gasteiger partial charge in [-0.2, -0.15) is 5.26 Å². The van der Waals surface area contributed by atoms with E-state index in [0.717, 1.165) is 12.3 Å². The Labute approximate surface area is 102 Å². The van der Waals surface area contributed by atoms with Crippen LogP contribution in [0.3, 0.4) is 0 Å². The van der Waals surface area contributed by atoms with Crippen molar-refractivity contribution in [3.8, 4) is 6.07 Å². The molecule has 0 radical (unpaired) electrons. The highest BCUT2D eigenvalue weighted by Gasteiger charge is 2.22. The van der Waals surface area contributed by atoms with Crippen LogP contribution in [0.25, 0.3) is 0 Å². The fourth-order valence-corrected chi connectivity index (χ4v) is 2.51. The van der Waals surface area contributed by atoms with E-state index >= 15 is 0 Å². The topological polar surface area (TPSA) is 35.8 Å². The SMILES string of the molecule is CCNC(C)(C#N)CSc1cccc(C)c1. The standard InChI is InChI=1S/C13H18N2S/c1-4-15-13(3,9-14)10-16-12-7-5-6-11(2)8-12/h5-8,15H,4,10H2,1-3H3. The van der Waals surface area contributed by atoms with Crippen molar-refractivity contribution in [3.05, 3.63) is 29.8 Å². The van der Waals surface area contributed by atoms with Crippen LogP contribution in [0.4, 0.5) is 0 Å². The highest BCUT2D eigenvalue weighted by Crippen LogP contribution is 2.23. The summed E-state index contributed by atoms with van der Waals surface area (Å²) in [5, 5.41) is 12.3. The molecule has 0 aliphatic heterocycles. The lowest BCUT2D eigenvalue weighted by Gasteiger charge is -2.21. The second-order valence-corrected chi connectivity index (χ2v) is 5.13. The Morgan fingerprint density at radius 2 is 2.25 bits per heavy atom. The van der Waals surface area contributed by atoms with Crippen molar-refractivity contribution in [1.82, 2.24) is 5.32 Å². The highest BCUT2D eigenvalue weighted by atomic mass is 32.2. The minimum absolute atomic E-state index is 0.441. The van der Waals surface area contributed by atoms with Crippen molar-refractivity contribution in [1.29, 1.82) is 5.26 Å². The second kappa shape index (κ2) is 5.93. The molecule has 0 fully saturated rings. The average Bonchev–Trinajstić information content (AvgIpc) is 2.27. The van der Waals surface area contributed by atoms with Gasteiger partial charge in [-0.25, -0.2) is 0 Å². The Morgan fingerprint density at radius 3 is 2.81 bits per heavy atom. The molecule has 3 heteroatoms. The molecule has 1 atom stereocenters. The summed E-state index contributed by atoms with van der Waals surface area (Å²) in [6.45, 7) is 6.86. The van der Waals surface area contributed by atoms with E-state index in [-0.39, 0.29) is 0 Å². The number of nitrogens with zero attached hydrogens (tertiary/aromatic N) is 1. The van der Waals surface area contributed by atoms with Crippen LogP contribution in [0.1, 0.15) is 19.4 Å². The number of nitrogens with one attached hydrogen (secondary N) is 1. The zero-order valence-electron chi connectivity index (χ0n) is 10.1. The van der Waals surface area contributed by atoms with E-state index in [2.05, 4.69) is 42.6 Å². The number of nitriles is 1. The molecule has 0 heterocycles. The van der Waals surface area contributed by atoms with Gasteiger partial charge in [-0.1, -0.05) is 24.6 Å². The van der Waals surface area contributed by atoms with Gasteiger partial charge in [0.1, 0.15) is 5.54 Å². The molecule has 86 valence electrons. The molecule has 16 heavy (non-hydrogen) atoms. The summed E-state index contributed by atoms with van der Waals surface area (Å²) in [5.41, 5.74) is 0.815. The zero-order chi connectivity index (χ0) is 12.0. The van der Waals surface area contributed by atoms with Gasteiger partial charge in [0.25, 0.3) is 0 Å². The first-order valence-corrected chi connectivity index (χ1v) is 6.44. The lowest BCUT2D eigenvalue weighted by Crippen LogP contribution is -2.43. The van der Waals surface area contributed by atoms with Crippen LogP contribution < -0.4 is 5.32 Å². The number of hydrogen-bond donors (Lipinski definition) is 1. The molecular formula is C13H18N2S. The molecule has 0 aliphatic carbocycles. The Kier molecular flexibility index (Phi) is 4.85. The van der Waals surface area contributed by atoms with Gasteiger partial charge in [-0.05, 0) is 32.5 Å². The van der Waals surface area contributed by atoms with Crippen LogP contribution in [0.5, 0.6) is 0 Å². The van der Waals surface area contributed by atoms with Crippen molar-refractivity contribution in [2.45, 2.75) is 31.2 Å². The molecule has 0 aliphatic rings. The predicted molar refractivity (Wildman–Crippen MR) is 69.6 cm³/mol. The van der Waals surface area contributed by atoms with Crippen LogP contribution in [0.15, 0.2) is 29.2 Å². The van der Waals surface area contributed by atoms with Crippen LogP contribution >= 0.6 is 11.8 Å². The van der Waals surface area contributed by atoms with Gasteiger partial charge in [-0.15, -0.1) is 11.8 Å². The van der Waals surface area contributed by atoms with E-state index in [9.17, 15) is 0 Å². The molecule has 1 unspecified atom stereocenters. The number of thioether (sulfide) groups is 1. The Bertz CT molecular complexity index is 384. The van der Waals surface area contributed by atoms with E-state index < -0.39 is 5.54 Å². The van der Waals surface area contributed by atoms with Crippen molar-refractivity contribution in [2.24, 2.45) is 0 Å².